The molecule has 8 nitrogen and oxygen atoms in total. The van der Waals surface area contributed by atoms with Crippen LogP contribution < -0.4 is 16.4 Å². The van der Waals surface area contributed by atoms with Crippen LogP contribution in [0.3, 0.4) is 0 Å². The average Bonchev–Trinajstić information content (AvgIpc) is 3.26. The number of nitrogen functional groups attached to an aromatic ring is 1. The van der Waals surface area contributed by atoms with Crippen LogP contribution in [-0.2, 0) is 14.3 Å². The lowest BCUT2D eigenvalue weighted by atomic mass is 9.67. The number of aromatic nitrogens is 1. The quantitative estimate of drug-likeness (QED) is 0.603. The molecule has 0 unspecified atom stereocenters. The number of Topliss-reactive ketones (excluding diaryl/α,β-unsaturated/α-hetero) is 1. The Labute approximate surface area is 184 Å². The lowest BCUT2D eigenvalue weighted by Crippen LogP contribution is -2.55. The molecule has 2 fully saturated rings. The Kier molecular flexibility index (Phi) is 5.98. The molecule has 4 rings (SSSR count). The molecule has 0 bridgehead atoms. The fourth-order valence-electron chi connectivity index (χ4n) is 4.38. The van der Waals surface area contributed by atoms with Crippen molar-refractivity contribution in [2.45, 2.75) is 64.1 Å². The summed E-state index contributed by atoms with van der Waals surface area (Å²) in [4.78, 5) is 42.5. The summed E-state index contributed by atoms with van der Waals surface area (Å²) in [7, 11) is 0. The summed E-state index contributed by atoms with van der Waals surface area (Å²) in [5.41, 5.74) is 6.94. The molecular weight excluding hydrogens is 416 g/mol. The summed E-state index contributed by atoms with van der Waals surface area (Å²) in [5.74, 6) is -0.807. The maximum Gasteiger partial charge on any atom is 0.251 e. The van der Waals surface area contributed by atoms with Gasteiger partial charge in [-0.05, 0) is 49.3 Å². The average molecular weight is 445 g/mol. The summed E-state index contributed by atoms with van der Waals surface area (Å²) in [6, 6.07) is 3.77. The second-order valence-electron chi connectivity index (χ2n) is 8.84. The van der Waals surface area contributed by atoms with Crippen LogP contribution in [0.1, 0.15) is 56.3 Å². The highest BCUT2D eigenvalue weighted by Crippen LogP contribution is 2.44. The summed E-state index contributed by atoms with van der Waals surface area (Å²) >= 11 is 1.31. The number of fused-ring (bicyclic) bond motifs is 1. The van der Waals surface area contributed by atoms with Crippen molar-refractivity contribution >= 4 is 44.3 Å². The molecule has 2 heterocycles. The van der Waals surface area contributed by atoms with Crippen molar-refractivity contribution in [2.24, 2.45) is 5.41 Å². The molecule has 1 aromatic heterocycles. The number of hydrogen-bond acceptors (Lipinski definition) is 7. The maximum atomic E-state index is 13.1. The molecule has 0 spiro atoms. The number of anilines is 1. The molecule has 1 saturated heterocycles. The lowest BCUT2D eigenvalue weighted by Gasteiger charge is -2.41. The molecule has 3 atom stereocenters. The minimum atomic E-state index is -0.731. The molecule has 1 aromatic carbocycles. The standard InChI is InChI=1S/C22H28N4O4S/c1-3-16-18(15(27)11-30-16)26-20(29)14(10-22(2)7-4-8-22)24-19(28)12-5-6-13-17(9-12)31-21(23)25-13/h5-6,9,14,16,18H,3-4,7-8,10-11H2,1-2H3,(H2,23,25)(H,24,28)(H,26,29)/t14-,16-,18+/m0/s1. The highest BCUT2D eigenvalue weighted by atomic mass is 32.1. The zero-order chi connectivity index (χ0) is 22.2. The Morgan fingerprint density at radius 1 is 1.39 bits per heavy atom. The van der Waals surface area contributed by atoms with Crippen LogP contribution in [-0.4, -0.2) is 47.4 Å². The van der Waals surface area contributed by atoms with Crippen molar-refractivity contribution in [3.63, 3.8) is 0 Å². The molecule has 4 N–H and O–H groups in total. The van der Waals surface area contributed by atoms with Crippen LogP contribution in [0.25, 0.3) is 10.2 Å². The van der Waals surface area contributed by atoms with Crippen LogP contribution in [0.15, 0.2) is 18.2 Å². The maximum absolute atomic E-state index is 13.1. The molecule has 2 aromatic rings. The Hall–Kier alpha value is -2.52. The molecule has 2 amide bonds. The van der Waals surface area contributed by atoms with Gasteiger partial charge in [-0.3, -0.25) is 14.4 Å². The Morgan fingerprint density at radius 3 is 2.84 bits per heavy atom. The predicted octanol–water partition coefficient (Wildman–Crippen LogP) is 2.42. The van der Waals surface area contributed by atoms with E-state index >= 15 is 0 Å². The van der Waals surface area contributed by atoms with Gasteiger partial charge in [0, 0.05) is 5.56 Å². The van der Waals surface area contributed by atoms with E-state index < -0.39 is 12.1 Å². The van der Waals surface area contributed by atoms with E-state index in [4.69, 9.17) is 10.5 Å². The van der Waals surface area contributed by atoms with Crippen LogP contribution in [0, 0.1) is 5.41 Å². The van der Waals surface area contributed by atoms with E-state index in [-0.39, 0.29) is 35.7 Å². The van der Waals surface area contributed by atoms with Gasteiger partial charge in [0.05, 0.1) is 16.3 Å². The number of rotatable bonds is 7. The molecule has 166 valence electrons. The number of nitrogens with two attached hydrogens (primary N) is 1. The molecule has 2 aliphatic rings. The number of nitrogens with zero attached hydrogens (tertiary/aromatic N) is 1. The van der Waals surface area contributed by atoms with Crippen molar-refractivity contribution in [2.75, 3.05) is 12.3 Å². The van der Waals surface area contributed by atoms with E-state index in [0.717, 1.165) is 29.5 Å². The fraction of sp³-hybridized carbons (Fsp3) is 0.545. The SMILES string of the molecule is CC[C@@H]1OCC(=O)[C@H]1NC(=O)[C@H](CC1(C)CCC1)NC(=O)c1ccc2nc(N)sc2c1. The normalized spacial score (nSPS) is 23.4. The van der Waals surface area contributed by atoms with Crippen molar-refractivity contribution < 1.29 is 19.1 Å². The molecule has 1 aliphatic heterocycles. The van der Waals surface area contributed by atoms with Crippen molar-refractivity contribution in [3.8, 4) is 0 Å². The minimum absolute atomic E-state index is 0.00566. The smallest absolute Gasteiger partial charge is 0.251 e. The van der Waals surface area contributed by atoms with Gasteiger partial charge in [-0.1, -0.05) is 31.6 Å². The van der Waals surface area contributed by atoms with Gasteiger partial charge < -0.3 is 21.1 Å². The Morgan fingerprint density at radius 2 is 2.16 bits per heavy atom. The van der Waals surface area contributed by atoms with Crippen LogP contribution in [0.2, 0.25) is 0 Å². The van der Waals surface area contributed by atoms with Gasteiger partial charge >= 0.3 is 0 Å². The molecule has 1 saturated carbocycles. The number of benzene rings is 1. The van der Waals surface area contributed by atoms with Crippen molar-refractivity contribution in [3.05, 3.63) is 23.8 Å². The van der Waals surface area contributed by atoms with Gasteiger partial charge in [-0.25, -0.2) is 4.98 Å². The predicted molar refractivity (Wildman–Crippen MR) is 119 cm³/mol. The van der Waals surface area contributed by atoms with Gasteiger partial charge in [0.2, 0.25) is 5.91 Å². The summed E-state index contributed by atoms with van der Waals surface area (Å²) in [6.45, 7) is 4.06. The van der Waals surface area contributed by atoms with E-state index in [0.29, 0.717) is 23.5 Å². The molecule has 9 heteroatoms. The first-order chi connectivity index (χ1) is 14.8. The van der Waals surface area contributed by atoms with Gasteiger partial charge in [0.25, 0.3) is 5.91 Å². The second-order valence-corrected chi connectivity index (χ2v) is 9.90. The largest absolute Gasteiger partial charge is 0.375 e. The first kappa shape index (κ1) is 21.7. The van der Waals surface area contributed by atoms with Crippen molar-refractivity contribution in [1.82, 2.24) is 15.6 Å². The first-order valence-corrected chi connectivity index (χ1v) is 11.5. The summed E-state index contributed by atoms with van der Waals surface area (Å²) in [6.07, 6.45) is 3.98. The van der Waals surface area contributed by atoms with E-state index in [1.807, 2.05) is 6.92 Å². The number of thiazole rings is 1. The van der Waals surface area contributed by atoms with Crippen LogP contribution in [0.5, 0.6) is 0 Å². The van der Waals surface area contributed by atoms with Crippen LogP contribution in [0.4, 0.5) is 5.13 Å². The van der Waals surface area contributed by atoms with Gasteiger partial charge in [0.1, 0.15) is 18.7 Å². The molecule has 1 aliphatic carbocycles. The number of hydrogen-bond donors (Lipinski definition) is 3. The Balaban J connectivity index is 1.51. The third-order valence-corrected chi connectivity index (χ3v) is 7.25. The second kappa shape index (κ2) is 8.55. The van der Waals surface area contributed by atoms with E-state index in [2.05, 4.69) is 22.5 Å². The molecular formula is C22H28N4O4S. The monoisotopic (exact) mass is 444 g/mol. The highest BCUT2D eigenvalue weighted by molar-refractivity contribution is 7.22. The summed E-state index contributed by atoms with van der Waals surface area (Å²) in [5, 5.41) is 6.18. The van der Waals surface area contributed by atoms with Gasteiger partial charge in [-0.2, -0.15) is 0 Å². The fourth-order valence-corrected chi connectivity index (χ4v) is 5.15. The number of carbonyl (C=O) groups excluding carboxylic acids is 3. The van der Waals surface area contributed by atoms with E-state index in [1.165, 1.54) is 11.3 Å². The van der Waals surface area contributed by atoms with Gasteiger partial charge in [0.15, 0.2) is 10.9 Å². The lowest BCUT2D eigenvalue weighted by molar-refractivity contribution is -0.128. The van der Waals surface area contributed by atoms with E-state index in [9.17, 15) is 14.4 Å². The van der Waals surface area contributed by atoms with Crippen molar-refractivity contribution in [1.29, 1.82) is 0 Å². The number of amides is 2. The third-order valence-electron chi connectivity index (χ3n) is 6.41. The number of nitrogens with one attached hydrogen (secondary N) is 2. The molecule has 31 heavy (non-hydrogen) atoms. The minimum Gasteiger partial charge on any atom is -0.375 e. The molecule has 0 radical (unpaired) electrons. The number of ether oxygens (including phenoxy) is 1. The Bertz CT molecular complexity index is 1020. The van der Waals surface area contributed by atoms with Gasteiger partial charge in [-0.15, -0.1) is 0 Å². The first-order valence-electron chi connectivity index (χ1n) is 10.7. The topological polar surface area (TPSA) is 123 Å². The summed E-state index contributed by atoms with van der Waals surface area (Å²) < 4.78 is 6.28. The van der Waals surface area contributed by atoms with Crippen LogP contribution >= 0.6 is 11.3 Å². The highest BCUT2D eigenvalue weighted by Gasteiger charge is 2.40. The number of ketones is 1. The zero-order valence-corrected chi connectivity index (χ0v) is 18.6. The zero-order valence-electron chi connectivity index (χ0n) is 17.8. The third kappa shape index (κ3) is 4.57. The van der Waals surface area contributed by atoms with E-state index in [1.54, 1.807) is 18.2 Å². The number of carbonyl (C=O) groups is 3.